The topological polar surface area (TPSA) is 12.5 Å². The van der Waals surface area contributed by atoms with E-state index in [2.05, 4.69) is 56.0 Å². The van der Waals surface area contributed by atoms with E-state index in [9.17, 15) is 0 Å². The van der Waals surface area contributed by atoms with E-state index in [0.29, 0.717) is 6.73 Å². The van der Waals surface area contributed by atoms with Gasteiger partial charge < -0.3 is 4.74 Å². The fourth-order valence-corrected chi connectivity index (χ4v) is 2.11. The molecule has 0 saturated carbocycles. The number of nitrogens with zero attached hydrogens (tertiary/aromatic N) is 1. The van der Waals surface area contributed by atoms with Crippen molar-refractivity contribution < 1.29 is 4.74 Å². The lowest BCUT2D eigenvalue weighted by atomic mass is 9.98. The van der Waals surface area contributed by atoms with Gasteiger partial charge in [-0.15, -0.1) is 0 Å². The fraction of sp³-hybridized carbons (Fsp3) is 0.571. The van der Waals surface area contributed by atoms with Crippen LogP contribution in [0.25, 0.3) is 0 Å². The van der Waals surface area contributed by atoms with Crippen molar-refractivity contribution in [3.63, 3.8) is 0 Å². The predicted molar refractivity (Wildman–Crippen MR) is 77.3 cm³/mol. The van der Waals surface area contributed by atoms with Crippen molar-refractivity contribution in [1.29, 1.82) is 0 Å². The summed E-state index contributed by atoms with van der Waals surface area (Å²) in [7, 11) is 2.97. The molecule has 1 unspecified atom stereocenters. The molecule has 2 nitrogen and oxygen atoms in total. The minimum atomic E-state index is 0.193. The third kappa shape index (κ3) is 3.94. The molecule has 1 atom stereocenters. The Kier molecular flexibility index (Phi) is 5.37. The van der Waals surface area contributed by atoms with Gasteiger partial charge in [-0.2, -0.15) is 0 Å². The van der Waals surface area contributed by atoms with Crippen molar-refractivity contribution in [3.8, 4) is 0 Å². The molecule has 96 valence electrons. The highest BCUT2D eigenvalue weighted by molar-refractivity contribution is 6.12. The molecule has 1 rings (SSSR count). The molecule has 0 aliphatic heterocycles. The van der Waals surface area contributed by atoms with E-state index in [1.807, 2.05) is 0 Å². The first-order valence-electron chi connectivity index (χ1n) is 6.26. The Balaban J connectivity index is 2.80. The molecule has 3 heteroatoms. The van der Waals surface area contributed by atoms with Gasteiger partial charge in [0.15, 0.2) is 0 Å². The van der Waals surface area contributed by atoms with Crippen molar-refractivity contribution in [1.82, 2.24) is 4.90 Å². The number of methoxy groups -OCH3 is 1. The summed E-state index contributed by atoms with van der Waals surface area (Å²) in [6.07, 6.45) is 0. The number of hydrogen-bond donors (Lipinski definition) is 0. The van der Waals surface area contributed by atoms with Gasteiger partial charge in [-0.3, -0.25) is 4.90 Å². The highest BCUT2D eigenvalue weighted by atomic mass is 28.1. The minimum Gasteiger partial charge on any atom is -0.369 e. The van der Waals surface area contributed by atoms with Crippen LogP contribution in [0.15, 0.2) is 30.3 Å². The van der Waals surface area contributed by atoms with Crippen LogP contribution in [0.5, 0.6) is 0 Å². The molecule has 1 aromatic rings. The van der Waals surface area contributed by atoms with E-state index in [-0.39, 0.29) is 5.54 Å². The summed E-state index contributed by atoms with van der Waals surface area (Å²) in [6, 6.07) is 10.6. The van der Waals surface area contributed by atoms with Crippen LogP contribution in [-0.4, -0.2) is 34.5 Å². The van der Waals surface area contributed by atoms with Crippen molar-refractivity contribution in [2.45, 2.75) is 38.4 Å². The average molecular weight is 251 g/mol. The summed E-state index contributed by atoms with van der Waals surface area (Å²) < 4.78 is 5.35. The van der Waals surface area contributed by atoms with Crippen LogP contribution in [0.1, 0.15) is 26.3 Å². The van der Waals surface area contributed by atoms with Gasteiger partial charge in [0.1, 0.15) is 0 Å². The second kappa shape index (κ2) is 6.33. The molecular formula is C14H25NOSi. The lowest BCUT2D eigenvalue weighted by molar-refractivity contribution is -0.00978. The second-order valence-electron chi connectivity index (χ2n) is 5.41. The maximum atomic E-state index is 5.35. The van der Waals surface area contributed by atoms with E-state index in [0.717, 1.165) is 12.1 Å². The molecule has 0 aliphatic rings. The number of ether oxygens (including phenoxy) is 1. The largest absolute Gasteiger partial charge is 0.369 e. The molecular weight excluding hydrogens is 226 g/mol. The molecule has 0 N–H and O–H groups in total. The molecule has 0 fully saturated rings. The zero-order valence-electron chi connectivity index (χ0n) is 11.7. The molecule has 0 heterocycles. The van der Waals surface area contributed by atoms with Gasteiger partial charge in [0.25, 0.3) is 0 Å². The molecule has 0 saturated heterocycles. The number of benzene rings is 1. The normalized spacial score (nSPS) is 14.2. The molecule has 0 amide bonds. The maximum Gasteiger partial charge on any atom is 0.0993 e. The first-order chi connectivity index (χ1) is 7.98. The Morgan fingerprint density at radius 1 is 1.29 bits per heavy atom. The zero-order valence-corrected chi connectivity index (χ0v) is 13.7. The molecule has 0 aromatic heterocycles. The van der Waals surface area contributed by atoms with Crippen LogP contribution in [-0.2, 0) is 11.3 Å². The first kappa shape index (κ1) is 14.4. The van der Waals surface area contributed by atoms with Crippen molar-refractivity contribution >= 4 is 10.2 Å². The highest BCUT2D eigenvalue weighted by Crippen LogP contribution is 2.27. The Morgan fingerprint density at radius 2 is 1.88 bits per heavy atom. The van der Waals surface area contributed by atoms with Crippen molar-refractivity contribution in [3.05, 3.63) is 35.9 Å². The highest BCUT2D eigenvalue weighted by Gasteiger charge is 2.29. The molecule has 17 heavy (non-hydrogen) atoms. The molecule has 1 aromatic carbocycles. The smallest absolute Gasteiger partial charge is 0.0993 e. The summed E-state index contributed by atoms with van der Waals surface area (Å²) in [5.41, 5.74) is 2.26. The monoisotopic (exact) mass is 251 g/mol. The molecule has 0 radical (unpaired) electrons. The van der Waals surface area contributed by atoms with Gasteiger partial charge in [0.05, 0.1) is 6.73 Å². The Bertz CT molecular complexity index is 324. The Morgan fingerprint density at radius 3 is 2.35 bits per heavy atom. The second-order valence-corrected chi connectivity index (χ2v) is 7.14. The molecule has 0 spiro atoms. The standard InChI is InChI=1S/C14H25NOSi/c1-12(17)14(2,3)15(11-16-4)10-13-8-6-5-7-9-13/h5-9,12H,10-11H2,1-4,17H3. The lowest BCUT2D eigenvalue weighted by Crippen LogP contribution is -2.47. The van der Waals surface area contributed by atoms with Gasteiger partial charge in [-0.1, -0.05) is 37.3 Å². The van der Waals surface area contributed by atoms with Crippen LogP contribution >= 0.6 is 0 Å². The van der Waals surface area contributed by atoms with Gasteiger partial charge >= 0.3 is 0 Å². The first-order valence-corrected chi connectivity index (χ1v) is 7.42. The van der Waals surface area contributed by atoms with Gasteiger partial charge in [0.2, 0.25) is 0 Å². The fourth-order valence-electron chi connectivity index (χ4n) is 1.74. The summed E-state index contributed by atoms with van der Waals surface area (Å²) in [5, 5.41) is 0. The molecule has 0 aliphatic carbocycles. The predicted octanol–water partition coefficient (Wildman–Crippen LogP) is 2.04. The van der Waals surface area contributed by atoms with Crippen LogP contribution in [0.4, 0.5) is 0 Å². The Labute approximate surface area is 108 Å². The minimum absolute atomic E-state index is 0.193. The van der Waals surface area contributed by atoms with E-state index in [1.165, 1.54) is 15.8 Å². The van der Waals surface area contributed by atoms with Gasteiger partial charge in [0, 0.05) is 29.4 Å². The van der Waals surface area contributed by atoms with Crippen LogP contribution in [0, 0.1) is 0 Å². The van der Waals surface area contributed by atoms with Crippen molar-refractivity contribution in [2.24, 2.45) is 0 Å². The SMILES string of the molecule is COCN(Cc1ccccc1)C(C)(C)C(C)[SiH3]. The number of hydrogen-bond acceptors (Lipinski definition) is 2. The lowest BCUT2D eigenvalue weighted by Gasteiger charge is -2.41. The van der Waals surface area contributed by atoms with Crippen LogP contribution in [0.2, 0.25) is 5.54 Å². The zero-order chi connectivity index (χ0) is 12.9. The van der Waals surface area contributed by atoms with Crippen LogP contribution < -0.4 is 0 Å². The molecule has 0 bridgehead atoms. The summed E-state index contributed by atoms with van der Waals surface area (Å²) in [4.78, 5) is 2.42. The van der Waals surface area contributed by atoms with E-state index in [1.54, 1.807) is 7.11 Å². The average Bonchev–Trinajstić information content (AvgIpc) is 2.29. The number of rotatable bonds is 6. The maximum absolute atomic E-state index is 5.35. The van der Waals surface area contributed by atoms with Gasteiger partial charge in [-0.25, -0.2) is 0 Å². The third-order valence-corrected chi connectivity index (χ3v) is 5.14. The summed E-state index contributed by atoms with van der Waals surface area (Å²) >= 11 is 0. The van der Waals surface area contributed by atoms with Crippen molar-refractivity contribution in [2.75, 3.05) is 13.8 Å². The van der Waals surface area contributed by atoms with E-state index in [4.69, 9.17) is 4.74 Å². The third-order valence-electron chi connectivity index (χ3n) is 3.73. The summed E-state index contributed by atoms with van der Waals surface area (Å²) in [6.45, 7) is 8.59. The summed E-state index contributed by atoms with van der Waals surface area (Å²) in [5.74, 6) is 0. The van der Waals surface area contributed by atoms with E-state index < -0.39 is 0 Å². The Hall–Kier alpha value is -0.643. The van der Waals surface area contributed by atoms with Gasteiger partial charge in [-0.05, 0) is 25.0 Å². The quantitative estimate of drug-likeness (QED) is 0.567. The van der Waals surface area contributed by atoms with Crippen LogP contribution in [0.3, 0.4) is 0 Å². The van der Waals surface area contributed by atoms with E-state index >= 15 is 0 Å².